The molecule has 4 rings (SSSR count). The van der Waals surface area contributed by atoms with Crippen molar-refractivity contribution < 1.29 is 18.0 Å². The average molecular weight is 396 g/mol. The maximum atomic E-state index is 12.9. The summed E-state index contributed by atoms with van der Waals surface area (Å²) in [5.74, 6) is -0.133. The van der Waals surface area contributed by atoms with Crippen LogP contribution in [0.5, 0.6) is 0 Å². The van der Waals surface area contributed by atoms with Crippen molar-refractivity contribution in [3.05, 3.63) is 89.1 Å². The van der Waals surface area contributed by atoms with Crippen LogP contribution in [0.15, 0.2) is 66.7 Å². The monoisotopic (exact) mass is 396 g/mol. The SMILES string of the molecule is Cc1ccc(C(=O)NC2(c3ccc(-c4cccc(C(F)(F)F)n4)cc3)CC2)cc1. The first kappa shape index (κ1) is 19.2. The summed E-state index contributed by atoms with van der Waals surface area (Å²) in [6.45, 7) is 1.96. The summed E-state index contributed by atoms with van der Waals surface area (Å²) in [5, 5.41) is 3.10. The van der Waals surface area contributed by atoms with E-state index in [0.717, 1.165) is 30.0 Å². The Morgan fingerprint density at radius 3 is 2.21 bits per heavy atom. The zero-order valence-corrected chi connectivity index (χ0v) is 15.8. The van der Waals surface area contributed by atoms with E-state index in [1.807, 2.05) is 31.2 Å². The van der Waals surface area contributed by atoms with Gasteiger partial charge in [0.1, 0.15) is 5.69 Å². The van der Waals surface area contributed by atoms with E-state index in [9.17, 15) is 18.0 Å². The van der Waals surface area contributed by atoms with Gasteiger partial charge >= 0.3 is 6.18 Å². The van der Waals surface area contributed by atoms with Crippen molar-refractivity contribution in [2.75, 3.05) is 0 Å². The number of pyridine rings is 1. The molecule has 0 spiro atoms. The maximum Gasteiger partial charge on any atom is 0.433 e. The first-order valence-corrected chi connectivity index (χ1v) is 9.31. The number of hydrogen-bond acceptors (Lipinski definition) is 2. The third kappa shape index (κ3) is 4.01. The molecule has 1 aromatic heterocycles. The molecule has 1 fully saturated rings. The second kappa shape index (κ2) is 7.03. The fourth-order valence-electron chi connectivity index (χ4n) is 3.32. The highest BCUT2D eigenvalue weighted by Gasteiger charge is 2.45. The topological polar surface area (TPSA) is 42.0 Å². The van der Waals surface area contributed by atoms with Crippen molar-refractivity contribution in [3.63, 3.8) is 0 Å². The number of rotatable bonds is 4. The minimum Gasteiger partial charge on any atom is -0.343 e. The molecule has 3 nitrogen and oxygen atoms in total. The van der Waals surface area contributed by atoms with Gasteiger partial charge < -0.3 is 5.32 Å². The largest absolute Gasteiger partial charge is 0.433 e. The molecule has 1 N–H and O–H groups in total. The summed E-state index contributed by atoms with van der Waals surface area (Å²) in [6.07, 6.45) is -2.83. The Morgan fingerprint density at radius 2 is 1.62 bits per heavy atom. The van der Waals surface area contributed by atoms with Gasteiger partial charge in [-0.3, -0.25) is 4.79 Å². The second-order valence-corrected chi connectivity index (χ2v) is 7.39. The zero-order chi connectivity index (χ0) is 20.6. The first-order valence-electron chi connectivity index (χ1n) is 9.31. The van der Waals surface area contributed by atoms with Crippen LogP contribution in [0.4, 0.5) is 13.2 Å². The van der Waals surface area contributed by atoms with Gasteiger partial charge in [0.15, 0.2) is 0 Å². The molecule has 148 valence electrons. The van der Waals surface area contributed by atoms with Crippen molar-refractivity contribution in [1.29, 1.82) is 0 Å². The Kier molecular flexibility index (Phi) is 4.65. The van der Waals surface area contributed by atoms with Gasteiger partial charge in [0, 0.05) is 11.1 Å². The molecular formula is C23H19F3N2O. The molecule has 0 atom stereocenters. The Labute approximate surface area is 166 Å². The van der Waals surface area contributed by atoms with E-state index in [-0.39, 0.29) is 11.6 Å². The summed E-state index contributed by atoms with van der Waals surface area (Å²) >= 11 is 0. The zero-order valence-electron chi connectivity index (χ0n) is 15.8. The van der Waals surface area contributed by atoms with E-state index in [1.165, 1.54) is 6.07 Å². The number of amides is 1. The number of benzene rings is 2. The van der Waals surface area contributed by atoms with Gasteiger partial charge in [0.2, 0.25) is 0 Å². The Morgan fingerprint density at radius 1 is 0.966 bits per heavy atom. The molecule has 1 aliphatic carbocycles. The first-order chi connectivity index (χ1) is 13.8. The van der Waals surface area contributed by atoms with Gasteiger partial charge in [0.25, 0.3) is 5.91 Å². The van der Waals surface area contributed by atoms with Crippen molar-refractivity contribution in [2.24, 2.45) is 0 Å². The molecular weight excluding hydrogens is 377 g/mol. The highest BCUT2D eigenvalue weighted by atomic mass is 19.4. The molecule has 1 saturated carbocycles. The molecule has 29 heavy (non-hydrogen) atoms. The number of carbonyl (C=O) groups is 1. The Balaban J connectivity index is 1.53. The van der Waals surface area contributed by atoms with Crippen LogP contribution in [0.1, 0.15) is 40.0 Å². The highest BCUT2D eigenvalue weighted by molar-refractivity contribution is 5.95. The van der Waals surface area contributed by atoms with Crippen molar-refractivity contribution in [1.82, 2.24) is 10.3 Å². The molecule has 1 heterocycles. The molecule has 0 bridgehead atoms. The van der Waals surface area contributed by atoms with Crippen LogP contribution in [-0.2, 0) is 11.7 Å². The third-order valence-corrected chi connectivity index (χ3v) is 5.19. The fraction of sp³-hybridized carbons (Fsp3) is 0.217. The van der Waals surface area contributed by atoms with Crippen molar-refractivity contribution in [3.8, 4) is 11.3 Å². The van der Waals surface area contributed by atoms with Crippen LogP contribution in [0, 0.1) is 6.92 Å². The molecule has 6 heteroatoms. The lowest BCUT2D eigenvalue weighted by Crippen LogP contribution is -2.34. The lowest BCUT2D eigenvalue weighted by molar-refractivity contribution is -0.141. The van der Waals surface area contributed by atoms with E-state index < -0.39 is 17.4 Å². The molecule has 3 aromatic rings. The Hall–Kier alpha value is -3.15. The number of carbonyl (C=O) groups excluding carboxylic acids is 1. The fourth-order valence-corrected chi connectivity index (χ4v) is 3.32. The van der Waals surface area contributed by atoms with Gasteiger partial charge in [-0.1, -0.05) is 48.0 Å². The summed E-state index contributed by atoms with van der Waals surface area (Å²) in [7, 11) is 0. The number of aromatic nitrogens is 1. The summed E-state index contributed by atoms with van der Waals surface area (Å²) in [5.41, 5.74) is 2.16. The smallest absolute Gasteiger partial charge is 0.343 e. The number of halogens is 3. The van der Waals surface area contributed by atoms with E-state index in [2.05, 4.69) is 10.3 Å². The number of alkyl halides is 3. The van der Waals surface area contributed by atoms with E-state index in [1.54, 1.807) is 30.3 Å². The van der Waals surface area contributed by atoms with Crippen LogP contribution in [0.3, 0.4) is 0 Å². The predicted molar refractivity (Wildman–Crippen MR) is 104 cm³/mol. The van der Waals surface area contributed by atoms with Crippen LogP contribution in [0.25, 0.3) is 11.3 Å². The number of nitrogens with one attached hydrogen (secondary N) is 1. The lowest BCUT2D eigenvalue weighted by atomic mass is 10.0. The van der Waals surface area contributed by atoms with E-state index >= 15 is 0 Å². The molecule has 1 aliphatic rings. The predicted octanol–water partition coefficient (Wildman–Crippen LogP) is 5.49. The summed E-state index contributed by atoms with van der Waals surface area (Å²) in [6, 6.07) is 18.4. The minimum atomic E-state index is -4.48. The van der Waals surface area contributed by atoms with Crippen LogP contribution < -0.4 is 5.32 Å². The number of nitrogens with zero attached hydrogens (tertiary/aromatic N) is 1. The van der Waals surface area contributed by atoms with Crippen LogP contribution in [0.2, 0.25) is 0 Å². The molecule has 2 aromatic carbocycles. The second-order valence-electron chi connectivity index (χ2n) is 7.39. The average Bonchev–Trinajstić information content (AvgIpc) is 3.49. The Bertz CT molecular complexity index is 1040. The van der Waals surface area contributed by atoms with Crippen molar-refractivity contribution >= 4 is 5.91 Å². The summed E-state index contributed by atoms with van der Waals surface area (Å²) in [4.78, 5) is 16.3. The molecule has 1 amide bonds. The van der Waals surface area contributed by atoms with Gasteiger partial charge in [-0.15, -0.1) is 0 Å². The van der Waals surface area contributed by atoms with E-state index in [0.29, 0.717) is 11.1 Å². The van der Waals surface area contributed by atoms with Crippen molar-refractivity contribution in [2.45, 2.75) is 31.5 Å². The van der Waals surface area contributed by atoms with Gasteiger partial charge in [-0.2, -0.15) is 13.2 Å². The summed E-state index contributed by atoms with van der Waals surface area (Å²) < 4.78 is 38.7. The molecule has 0 aliphatic heterocycles. The van der Waals surface area contributed by atoms with Gasteiger partial charge in [0.05, 0.1) is 11.2 Å². The molecule has 0 saturated heterocycles. The van der Waals surface area contributed by atoms with Crippen LogP contribution in [-0.4, -0.2) is 10.9 Å². The molecule has 0 radical (unpaired) electrons. The third-order valence-electron chi connectivity index (χ3n) is 5.19. The van der Waals surface area contributed by atoms with Crippen LogP contribution >= 0.6 is 0 Å². The number of aryl methyl sites for hydroxylation is 1. The quantitative estimate of drug-likeness (QED) is 0.633. The minimum absolute atomic E-state index is 0.133. The number of hydrogen-bond donors (Lipinski definition) is 1. The standard InChI is InChI=1S/C23H19F3N2O/c1-15-5-7-17(8-6-15)21(29)28-22(13-14-22)18-11-9-16(10-12-18)19-3-2-4-20(27-19)23(24,25)26/h2-12H,13-14H2,1H3,(H,28,29). The maximum absolute atomic E-state index is 12.9. The van der Waals surface area contributed by atoms with Gasteiger partial charge in [-0.05, 0) is 49.6 Å². The lowest BCUT2D eigenvalue weighted by Gasteiger charge is -2.18. The van der Waals surface area contributed by atoms with Gasteiger partial charge in [-0.25, -0.2) is 4.98 Å². The van der Waals surface area contributed by atoms with E-state index in [4.69, 9.17) is 0 Å². The molecule has 0 unspecified atom stereocenters. The normalized spacial score (nSPS) is 15.0. The highest BCUT2D eigenvalue weighted by Crippen LogP contribution is 2.46.